The average Bonchev–Trinajstić information content (AvgIpc) is 2.96. The van der Waals surface area contributed by atoms with Gasteiger partial charge in [-0.05, 0) is 30.2 Å². The highest BCUT2D eigenvalue weighted by Crippen LogP contribution is 2.26. The molecule has 0 radical (unpaired) electrons. The molecule has 0 saturated heterocycles. The van der Waals surface area contributed by atoms with E-state index in [1.807, 2.05) is 12.4 Å². The van der Waals surface area contributed by atoms with Crippen LogP contribution in [0.25, 0.3) is 10.2 Å². The standard InChI is InChI=1S/C15H21N3OS/c1-16-14-12-7-8-20-15(12)18-13(17-14)10-19-9-11-5-3-2-4-6-11/h7-8,11H,2-6,9-10H2,1H3,(H,16,17,18). The van der Waals surface area contributed by atoms with Gasteiger partial charge in [-0.25, -0.2) is 9.97 Å². The molecule has 2 aromatic rings. The molecule has 3 rings (SSSR count). The molecule has 0 spiro atoms. The Hall–Kier alpha value is -1.20. The molecule has 0 aliphatic heterocycles. The molecule has 108 valence electrons. The fourth-order valence-electron chi connectivity index (χ4n) is 2.83. The van der Waals surface area contributed by atoms with Crippen LogP contribution in [-0.4, -0.2) is 23.6 Å². The SMILES string of the molecule is CNc1nc(COCC2CCCCC2)nc2sccc12. The minimum atomic E-state index is 0.513. The fourth-order valence-corrected chi connectivity index (χ4v) is 3.61. The van der Waals surface area contributed by atoms with Gasteiger partial charge in [0.2, 0.25) is 0 Å². The van der Waals surface area contributed by atoms with Crippen molar-refractivity contribution in [2.45, 2.75) is 38.7 Å². The van der Waals surface area contributed by atoms with E-state index in [9.17, 15) is 0 Å². The van der Waals surface area contributed by atoms with Gasteiger partial charge in [0.1, 0.15) is 17.3 Å². The number of thiophene rings is 1. The minimum absolute atomic E-state index is 0.513. The van der Waals surface area contributed by atoms with E-state index < -0.39 is 0 Å². The third-order valence-corrected chi connectivity index (χ3v) is 4.72. The van der Waals surface area contributed by atoms with Crippen LogP contribution in [0, 0.1) is 5.92 Å². The van der Waals surface area contributed by atoms with Gasteiger partial charge in [0.25, 0.3) is 0 Å². The van der Waals surface area contributed by atoms with Crippen molar-refractivity contribution >= 4 is 27.4 Å². The Morgan fingerprint density at radius 1 is 1.30 bits per heavy atom. The topological polar surface area (TPSA) is 47.0 Å². The van der Waals surface area contributed by atoms with Crippen LogP contribution in [0.2, 0.25) is 0 Å². The lowest BCUT2D eigenvalue weighted by atomic mass is 9.90. The second-order valence-corrected chi connectivity index (χ2v) is 6.29. The second kappa shape index (κ2) is 6.50. The zero-order chi connectivity index (χ0) is 13.8. The van der Waals surface area contributed by atoms with Gasteiger partial charge in [-0.15, -0.1) is 11.3 Å². The highest BCUT2D eigenvalue weighted by molar-refractivity contribution is 7.16. The number of aromatic nitrogens is 2. The summed E-state index contributed by atoms with van der Waals surface area (Å²) in [5, 5.41) is 6.28. The normalized spacial score (nSPS) is 16.6. The number of ether oxygens (including phenoxy) is 1. The molecular weight excluding hydrogens is 270 g/mol. The molecule has 1 N–H and O–H groups in total. The van der Waals surface area contributed by atoms with Crippen LogP contribution in [-0.2, 0) is 11.3 Å². The summed E-state index contributed by atoms with van der Waals surface area (Å²) in [6.07, 6.45) is 6.73. The van der Waals surface area contributed by atoms with Crippen molar-refractivity contribution < 1.29 is 4.74 Å². The molecule has 0 aromatic carbocycles. The third-order valence-electron chi connectivity index (χ3n) is 3.92. The van der Waals surface area contributed by atoms with Gasteiger partial charge in [0.15, 0.2) is 5.82 Å². The molecule has 1 fully saturated rings. The average molecular weight is 291 g/mol. The number of nitrogens with zero attached hydrogens (tertiary/aromatic N) is 2. The summed E-state index contributed by atoms with van der Waals surface area (Å²) in [6.45, 7) is 1.36. The first kappa shape index (κ1) is 13.8. The summed E-state index contributed by atoms with van der Waals surface area (Å²) in [5.74, 6) is 2.41. The molecular formula is C15H21N3OS. The van der Waals surface area contributed by atoms with Crippen LogP contribution in [0.3, 0.4) is 0 Å². The number of nitrogens with one attached hydrogen (secondary N) is 1. The molecule has 5 heteroatoms. The lowest BCUT2D eigenvalue weighted by Gasteiger charge is -2.21. The van der Waals surface area contributed by atoms with Crippen LogP contribution >= 0.6 is 11.3 Å². The largest absolute Gasteiger partial charge is 0.373 e. The predicted octanol–water partition coefficient (Wildman–Crippen LogP) is 3.83. The van der Waals surface area contributed by atoms with Crippen LogP contribution in [0.4, 0.5) is 5.82 Å². The number of anilines is 1. The zero-order valence-electron chi connectivity index (χ0n) is 11.9. The third kappa shape index (κ3) is 3.10. The molecule has 1 aliphatic rings. The maximum atomic E-state index is 5.84. The number of rotatable bonds is 5. The number of hydrogen-bond acceptors (Lipinski definition) is 5. The highest BCUT2D eigenvalue weighted by Gasteiger charge is 2.14. The molecule has 0 unspecified atom stereocenters. The fraction of sp³-hybridized carbons (Fsp3) is 0.600. The Morgan fingerprint density at radius 3 is 2.95 bits per heavy atom. The molecule has 0 atom stereocenters. The van der Waals surface area contributed by atoms with E-state index in [-0.39, 0.29) is 0 Å². The summed E-state index contributed by atoms with van der Waals surface area (Å²) >= 11 is 1.65. The van der Waals surface area contributed by atoms with Gasteiger partial charge < -0.3 is 10.1 Å². The van der Waals surface area contributed by atoms with Crippen molar-refractivity contribution in [1.82, 2.24) is 9.97 Å². The monoisotopic (exact) mass is 291 g/mol. The molecule has 2 heterocycles. The van der Waals surface area contributed by atoms with E-state index in [0.29, 0.717) is 6.61 Å². The summed E-state index contributed by atoms with van der Waals surface area (Å²) in [4.78, 5) is 10.1. The smallest absolute Gasteiger partial charge is 0.158 e. The molecule has 2 aromatic heterocycles. The van der Waals surface area contributed by atoms with E-state index in [4.69, 9.17) is 4.74 Å². The van der Waals surface area contributed by atoms with Gasteiger partial charge in [0.05, 0.1) is 5.39 Å². The maximum Gasteiger partial charge on any atom is 0.158 e. The van der Waals surface area contributed by atoms with Gasteiger partial charge in [0, 0.05) is 13.7 Å². The van der Waals surface area contributed by atoms with E-state index in [1.54, 1.807) is 11.3 Å². The Labute approximate surface area is 123 Å². The number of hydrogen-bond donors (Lipinski definition) is 1. The van der Waals surface area contributed by atoms with Gasteiger partial charge >= 0.3 is 0 Å². The van der Waals surface area contributed by atoms with Crippen molar-refractivity contribution in [3.05, 3.63) is 17.3 Å². The van der Waals surface area contributed by atoms with Gasteiger partial charge in [-0.1, -0.05) is 19.3 Å². The van der Waals surface area contributed by atoms with Crippen molar-refractivity contribution in [3.8, 4) is 0 Å². The summed E-state index contributed by atoms with van der Waals surface area (Å²) in [6, 6.07) is 2.05. The van der Waals surface area contributed by atoms with Gasteiger partial charge in [-0.3, -0.25) is 0 Å². The van der Waals surface area contributed by atoms with Gasteiger partial charge in [-0.2, -0.15) is 0 Å². The van der Waals surface area contributed by atoms with E-state index in [0.717, 1.165) is 34.4 Å². The first-order valence-corrected chi connectivity index (χ1v) is 8.24. The van der Waals surface area contributed by atoms with E-state index in [2.05, 4.69) is 21.4 Å². The predicted molar refractivity (Wildman–Crippen MR) is 83.2 cm³/mol. The molecule has 1 saturated carbocycles. The van der Waals surface area contributed by atoms with E-state index in [1.165, 1.54) is 32.1 Å². The lowest BCUT2D eigenvalue weighted by molar-refractivity contribution is 0.0702. The summed E-state index contributed by atoms with van der Waals surface area (Å²) in [5.41, 5.74) is 0. The minimum Gasteiger partial charge on any atom is -0.373 e. The lowest BCUT2D eigenvalue weighted by Crippen LogP contribution is -2.14. The van der Waals surface area contributed by atoms with Crippen molar-refractivity contribution in [2.75, 3.05) is 19.0 Å². The molecule has 0 bridgehead atoms. The second-order valence-electron chi connectivity index (χ2n) is 5.40. The van der Waals surface area contributed by atoms with Crippen LogP contribution < -0.4 is 5.32 Å². The quantitative estimate of drug-likeness (QED) is 0.909. The number of fused-ring (bicyclic) bond motifs is 1. The Morgan fingerprint density at radius 2 is 2.15 bits per heavy atom. The zero-order valence-corrected chi connectivity index (χ0v) is 12.7. The highest BCUT2D eigenvalue weighted by atomic mass is 32.1. The van der Waals surface area contributed by atoms with Crippen molar-refractivity contribution in [2.24, 2.45) is 5.92 Å². The molecule has 20 heavy (non-hydrogen) atoms. The molecule has 1 aliphatic carbocycles. The molecule has 0 amide bonds. The van der Waals surface area contributed by atoms with Crippen LogP contribution in [0.15, 0.2) is 11.4 Å². The van der Waals surface area contributed by atoms with Crippen LogP contribution in [0.5, 0.6) is 0 Å². The van der Waals surface area contributed by atoms with E-state index >= 15 is 0 Å². The first-order chi connectivity index (χ1) is 9.86. The van der Waals surface area contributed by atoms with Crippen LogP contribution in [0.1, 0.15) is 37.9 Å². The maximum absolute atomic E-state index is 5.84. The summed E-state index contributed by atoms with van der Waals surface area (Å²) in [7, 11) is 1.89. The summed E-state index contributed by atoms with van der Waals surface area (Å²) < 4.78 is 5.84. The Kier molecular flexibility index (Phi) is 4.47. The first-order valence-electron chi connectivity index (χ1n) is 7.36. The van der Waals surface area contributed by atoms with Crippen molar-refractivity contribution in [1.29, 1.82) is 0 Å². The van der Waals surface area contributed by atoms with Crippen molar-refractivity contribution in [3.63, 3.8) is 0 Å². The Bertz CT molecular complexity index is 563. The molecule has 4 nitrogen and oxygen atoms in total. The Balaban J connectivity index is 1.62.